The van der Waals surface area contributed by atoms with Gasteiger partial charge in [-0.25, -0.2) is 0 Å². The second-order valence-electron chi connectivity index (χ2n) is 6.60. The molecule has 19 heavy (non-hydrogen) atoms. The normalized spacial score (nSPS) is 27.9. The fourth-order valence-corrected chi connectivity index (χ4v) is 3.70. The molecule has 1 aromatic rings. The third kappa shape index (κ3) is 1.94. The number of rotatable bonds is 0. The van der Waals surface area contributed by atoms with Crippen LogP contribution in [0.1, 0.15) is 50.7 Å². The largest absolute Gasteiger partial charge is 0.508 e. The van der Waals surface area contributed by atoms with Gasteiger partial charge >= 0.3 is 0 Å². The highest BCUT2D eigenvalue weighted by Crippen LogP contribution is 2.53. The fraction of sp³-hybridized carbons (Fsp3) is 0.529. The molecule has 3 rings (SSSR count). The van der Waals surface area contributed by atoms with Gasteiger partial charge in [-0.15, -0.1) is 0 Å². The summed E-state index contributed by atoms with van der Waals surface area (Å²) in [5, 5.41) is 10.3. The van der Waals surface area contributed by atoms with Crippen molar-refractivity contribution < 1.29 is 9.84 Å². The van der Waals surface area contributed by atoms with Gasteiger partial charge in [-0.2, -0.15) is 0 Å². The molecule has 0 aromatic heterocycles. The molecular weight excluding hydrogens is 236 g/mol. The van der Waals surface area contributed by atoms with Gasteiger partial charge in [-0.05, 0) is 58.2 Å². The van der Waals surface area contributed by atoms with E-state index in [1.165, 1.54) is 5.57 Å². The van der Waals surface area contributed by atoms with Crippen molar-refractivity contribution in [3.8, 4) is 11.5 Å². The van der Waals surface area contributed by atoms with Crippen LogP contribution in [-0.4, -0.2) is 10.7 Å². The number of hydrogen-bond donors (Lipinski definition) is 1. The van der Waals surface area contributed by atoms with Crippen LogP contribution in [0.25, 0.3) is 0 Å². The lowest BCUT2D eigenvalue weighted by atomic mass is 9.67. The first-order chi connectivity index (χ1) is 8.88. The molecule has 1 aromatic carbocycles. The Morgan fingerprint density at radius 1 is 1.26 bits per heavy atom. The van der Waals surface area contributed by atoms with Crippen molar-refractivity contribution in [2.24, 2.45) is 5.92 Å². The number of phenolic OH excluding ortho intramolecular Hbond substituents is 1. The summed E-state index contributed by atoms with van der Waals surface area (Å²) in [5.41, 5.74) is 3.32. The first kappa shape index (κ1) is 12.6. The van der Waals surface area contributed by atoms with Crippen LogP contribution >= 0.6 is 0 Å². The van der Waals surface area contributed by atoms with Crippen molar-refractivity contribution in [1.82, 2.24) is 0 Å². The number of fused-ring (bicyclic) bond motifs is 3. The molecule has 2 aliphatic rings. The lowest BCUT2D eigenvalue weighted by molar-refractivity contribution is 0.00756. The molecule has 0 unspecified atom stereocenters. The van der Waals surface area contributed by atoms with E-state index in [4.69, 9.17) is 4.74 Å². The second kappa shape index (κ2) is 4.03. The van der Waals surface area contributed by atoms with E-state index in [-0.39, 0.29) is 5.60 Å². The number of hydrogen-bond acceptors (Lipinski definition) is 2. The van der Waals surface area contributed by atoms with Crippen LogP contribution in [0.3, 0.4) is 0 Å². The number of benzene rings is 1. The monoisotopic (exact) mass is 258 g/mol. The average molecular weight is 258 g/mol. The van der Waals surface area contributed by atoms with E-state index in [1.807, 2.05) is 13.0 Å². The number of ether oxygens (including phenoxy) is 1. The minimum absolute atomic E-state index is 0.172. The van der Waals surface area contributed by atoms with E-state index in [9.17, 15) is 5.11 Å². The van der Waals surface area contributed by atoms with E-state index < -0.39 is 0 Å². The van der Waals surface area contributed by atoms with Crippen LogP contribution in [0.2, 0.25) is 0 Å². The molecule has 0 bridgehead atoms. The first-order valence-corrected chi connectivity index (χ1v) is 7.06. The predicted molar refractivity (Wildman–Crippen MR) is 76.8 cm³/mol. The molecule has 2 nitrogen and oxygen atoms in total. The molecule has 1 aliphatic carbocycles. The SMILES string of the molecule is CC1=CC[C@@H]2[C@@H](C1)c1c(O)cc(C)cc1OC2(C)C. The van der Waals surface area contributed by atoms with Gasteiger partial charge in [0.1, 0.15) is 17.1 Å². The van der Waals surface area contributed by atoms with Crippen LogP contribution in [0.15, 0.2) is 23.8 Å². The van der Waals surface area contributed by atoms with Gasteiger partial charge in [0.05, 0.1) is 0 Å². The molecule has 1 heterocycles. The molecule has 0 spiro atoms. The predicted octanol–water partition coefficient (Wildman–Crippen LogP) is 4.31. The summed E-state index contributed by atoms with van der Waals surface area (Å²) in [7, 11) is 0. The van der Waals surface area contributed by atoms with Gasteiger partial charge in [0.15, 0.2) is 0 Å². The average Bonchev–Trinajstić information content (AvgIpc) is 2.25. The molecule has 1 N–H and O–H groups in total. The minimum atomic E-state index is -0.172. The zero-order valence-electron chi connectivity index (χ0n) is 12.2. The standard InChI is InChI=1S/C17H22O2/c1-10-5-6-13-12(7-10)16-14(18)8-11(2)9-15(16)19-17(13,3)4/h5,8-9,12-13,18H,6-7H2,1-4H3/t12-,13-/m1/s1. The molecule has 2 heteroatoms. The van der Waals surface area contributed by atoms with Gasteiger partial charge < -0.3 is 9.84 Å². The zero-order valence-corrected chi connectivity index (χ0v) is 12.2. The van der Waals surface area contributed by atoms with Crippen LogP contribution in [-0.2, 0) is 0 Å². The fourth-order valence-electron chi connectivity index (χ4n) is 3.70. The molecule has 2 atom stereocenters. The number of allylic oxidation sites excluding steroid dienone is 2. The van der Waals surface area contributed by atoms with E-state index in [0.717, 1.165) is 29.7 Å². The van der Waals surface area contributed by atoms with Gasteiger partial charge in [0.2, 0.25) is 0 Å². The lowest BCUT2D eigenvalue weighted by Crippen LogP contribution is -2.45. The molecule has 0 amide bonds. The van der Waals surface area contributed by atoms with Crippen LogP contribution in [0.5, 0.6) is 11.5 Å². The van der Waals surface area contributed by atoms with Gasteiger partial charge in [-0.1, -0.05) is 11.6 Å². The Bertz CT molecular complexity index is 555. The summed E-state index contributed by atoms with van der Waals surface area (Å²) in [6.07, 6.45) is 4.39. The van der Waals surface area contributed by atoms with Crippen molar-refractivity contribution in [2.45, 2.75) is 52.1 Å². The molecule has 102 valence electrons. The summed E-state index contributed by atoms with van der Waals surface area (Å²) in [6.45, 7) is 8.51. The molecule has 0 radical (unpaired) electrons. The molecule has 0 fully saturated rings. The highest BCUT2D eigenvalue weighted by molar-refractivity contribution is 5.52. The quantitative estimate of drug-likeness (QED) is 0.703. The van der Waals surface area contributed by atoms with Crippen molar-refractivity contribution >= 4 is 0 Å². The topological polar surface area (TPSA) is 29.5 Å². The Labute approximate surface area is 115 Å². The Morgan fingerprint density at radius 2 is 2.00 bits per heavy atom. The van der Waals surface area contributed by atoms with E-state index >= 15 is 0 Å². The summed E-state index contributed by atoms with van der Waals surface area (Å²) in [6, 6.07) is 3.91. The van der Waals surface area contributed by atoms with E-state index in [0.29, 0.717) is 17.6 Å². The van der Waals surface area contributed by atoms with Crippen molar-refractivity contribution in [2.75, 3.05) is 0 Å². The maximum Gasteiger partial charge on any atom is 0.127 e. The smallest absolute Gasteiger partial charge is 0.127 e. The number of aryl methyl sites for hydroxylation is 1. The van der Waals surface area contributed by atoms with Crippen molar-refractivity contribution in [3.63, 3.8) is 0 Å². The van der Waals surface area contributed by atoms with Crippen LogP contribution in [0.4, 0.5) is 0 Å². The van der Waals surface area contributed by atoms with E-state index in [1.54, 1.807) is 0 Å². The Kier molecular flexibility index (Phi) is 2.67. The molecule has 0 saturated carbocycles. The number of aromatic hydroxyl groups is 1. The van der Waals surface area contributed by atoms with Crippen molar-refractivity contribution in [3.05, 3.63) is 34.9 Å². The molecule has 0 saturated heterocycles. The van der Waals surface area contributed by atoms with Crippen molar-refractivity contribution in [1.29, 1.82) is 0 Å². The maximum absolute atomic E-state index is 10.3. The summed E-state index contributed by atoms with van der Waals surface area (Å²) < 4.78 is 6.20. The summed E-state index contributed by atoms with van der Waals surface area (Å²) in [4.78, 5) is 0. The summed E-state index contributed by atoms with van der Waals surface area (Å²) >= 11 is 0. The van der Waals surface area contributed by atoms with Gasteiger partial charge in [0, 0.05) is 17.4 Å². The van der Waals surface area contributed by atoms with Gasteiger partial charge in [-0.3, -0.25) is 0 Å². The third-order valence-electron chi connectivity index (χ3n) is 4.65. The highest BCUT2D eigenvalue weighted by atomic mass is 16.5. The Balaban J connectivity index is 2.17. The lowest BCUT2D eigenvalue weighted by Gasteiger charge is -2.47. The zero-order chi connectivity index (χ0) is 13.8. The van der Waals surface area contributed by atoms with Gasteiger partial charge in [0.25, 0.3) is 0 Å². The van der Waals surface area contributed by atoms with Crippen LogP contribution in [0, 0.1) is 12.8 Å². The maximum atomic E-state index is 10.3. The first-order valence-electron chi connectivity index (χ1n) is 7.06. The second-order valence-corrected chi connectivity index (χ2v) is 6.60. The number of phenols is 1. The summed E-state index contributed by atoms with van der Waals surface area (Å²) in [5.74, 6) is 2.09. The third-order valence-corrected chi connectivity index (χ3v) is 4.65. The minimum Gasteiger partial charge on any atom is -0.508 e. The van der Waals surface area contributed by atoms with E-state index in [2.05, 4.69) is 32.9 Å². The molecular formula is C17H22O2. The highest BCUT2D eigenvalue weighted by Gasteiger charge is 2.45. The molecule has 1 aliphatic heterocycles. The Morgan fingerprint density at radius 3 is 2.74 bits per heavy atom. The Hall–Kier alpha value is -1.44. The van der Waals surface area contributed by atoms with Crippen LogP contribution < -0.4 is 4.74 Å².